The SMILES string of the molecule is c1ccc(CN(Cc2ccccn2)[C@H]2C[C@H]3CCOC[C@@]3(c3ccccc3)C2)cc1. The summed E-state index contributed by atoms with van der Waals surface area (Å²) in [5, 5.41) is 0. The summed E-state index contributed by atoms with van der Waals surface area (Å²) >= 11 is 0. The van der Waals surface area contributed by atoms with Gasteiger partial charge in [-0.1, -0.05) is 66.7 Å². The average Bonchev–Trinajstić information content (AvgIpc) is 3.22. The second-order valence-electron chi connectivity index (χ2n) is 8.87. The molecule has 3 nitrogen and oxygen atoms in total. The van der Waals surface area contributed by atoms with Gasteiger partial charge in [-0.2, -0.15) is 0 Å². The standard InChI is InChI=1S/C27H30N2O/c1-3-9-22(10-4-1)19-29(20-25-13-7-8-15-28-25)26-17-24-14-16-30-21-27(24,18-26)23-11-5-2-6-12-23/h1-13,15,24,26H,14,16-21H2/t24-,26+,27-/m1/s1. The van der Waals surface area contributed by atoms with Crippen LogP contribution in [0, 0.1) is 5.92 Å². The van der Waals surface area contributed by atoms with E-state index >= 15 is 0 Å². The molecule has 0 unspecified atom stereocenters. The lowest BCUT2D eigenvalue weighted by molar-refractivity contribution is 0.00725. The number of aromatic nitrogens is 1. The van der Waals surface area contributed by atoms with Crippen molar-refractivity contribution in [1.82, 2.24) is 9.88 Å². The largest absolute Gasteiger partial charge is 0.381 e. The van der Waals surface area contributed by atoms with Gasteiger partial charge in [0.2, 0.25) is 0 Å². The van der Waals surface area contributed by atoms with Crippen LogP contribution in [0.4, 0.5) is 0 Å². The van der Waals surface area contributed by atoms with E-state index in [9.17, 15) is 0 Å². The molecule has 2 heterocycles. The number of rotatable bonds is 6. The summed E-state index contributed by atoms with van der Waals surface area (Å²) in [6.07, 6.45) is 5.46. The number of hydrogen-bond acceptors (Lipinski definition) is 3. The van der Waals surface area contributed by atoms with E-state index in [4.69, 9.17) is 4.74 Å². The fourth-order valence-electron chi connectivity index (χ4n) is 5.59. The molecule has 154 valence electrons. The molecule has 0 bridgehead atoms. The highest BCUT2D eigenvalue weighted by Gasteiger charge is 2.51. The van der Waals surface area contributed by atoms with Gasteiger partial charge in [0, 0.05) is 37.4 Å². The Morgan fingerprint density at radius 3 is 2.43 bits per heavy atom. The molecule has 3 heteroatoms. The van der Waals surface area contributed by atoms with Crippen molar-refractivity contribution < 1.29 is 4.74 Å². The van der Waals surface area contributed by atoms with E-state index in [-0.39, 0.29) is 5.41 Å². The highest BCUT2D eigenvalue weighted by molar-refractivity contribution is 5.30. The maximum Gasteiger partial charge on any atom is 0.0566 e. The number of ether oxygens (including phenoxy) is 1. The Morgan fingerprint density at radius 2 is 1.67 bits per heavy atom. The third-order valence-corrected chi connectivity index (χ3v) is 7.09. The van der Waals surface area contributed by atoms with E-state index in [0.717, 1.165) is 44.8 Å². The maximum absolute atomic E-state index is 6.07. The second-order valence-corrected chi connectivity index (χ2v) is 8.87. The first-order chi connectivity index (χ1) is 14.8. The van der Waals surface area contributed by atoms with Crippen LogP contribution in [0.1, 0.15) is 36.1 Å². The molecule has 0 radical (unpaired) electrons. The van der Waals surface area contributed by atoms with Crippen molar-refractivity contribution in [3.8, 4) is 0 Å². The molecular formula is C27H30N2O. The predicted octanol–water partition coefficient (Wildman–Crippen LogP) is 5.22. The summed E-state index contributed by atoms with van der Waals surface area (Å²) in [7, 11) is 0. The van der Waals surface area contributed by atoms with Crippen LogP contribution in [0.15, 0.2) is 85.1 Å². The average molecular weight is 399 g/mol. The molecule has 0 spiro atoms. The molecule has 5 rings (SSSR count). The molecule has 30 heavy (non-hydrogen) atoms. The van der Waals surface area contributed by atoms with Gasteiger partial charge < -0.3 is 4.74 Å². The van der Waals surface area contributed by atoms with Crippen LogP contribution >= 0.6 is 0 Å². The van der Waals surface area contributed by atoms with Crippen molar-refractivity contribution in [2.45, 2.75) is 43.8 Å². The van der Waals surface area contributed by atoms with Gasteiger partial charge in [0.05, 0.1) is 12.3 Å². The van der Waals surface area contributed by atoms with Crippen molar-refractivity contribution >= 4 is 0 Å². The molecular weight excluding hydrogens is 368 g/mol. The maximum atomic E-state index is 6.07. The van der Waals surface area contributed by atoms with Crippen molar-refractivity contribution in [1.29, 1.82) is 0 Å². The third-order valence-electron chi connectivity index (χ3n) is 7.09. The van der Waals surface area contributed by atoms with Gasteiger partial charge in [0.25, 0.3) is 0 Å². The van der Waals surface area contributed by atoms with Crippen LogP contribution < -0.4 is 0 Å². The highest BCUT2D eigenvalue weighted by Crippen LogP contribution is 2.51. The second kappa shape index (κ2) is 8.71. The Kier molecular flexibility index (Phi) is 5.65. The molecule has 1 saturated carbocycles. The van der Waals surface area contributed by atoms with E-state index in [2.05, 4.69) is 82.7 Å². The molecule has 3 aromatic rings. The summed E-state index contributed by atoms with van der Waals surface area (Å²) < 4.78 is 6.07. The Bertz CT molecular complexity index is 889. The highest BCUT2D eigenvalue weighted by atomic mass is 16.5. The monoisotopic (exact) mass is 398 g/mol. The molecule has 2 aliphatic rings. The number of hydrogen-bond donors (Lipinski definition) is 0. The molecule has 0 N–H and O–H groups in total. The number of nitrogens with zero attached hydrogens (tertiary/aromatic N) is 2. The smallest absolute Gasteiger partial charge is 0.0566 e. The zero-order valence-electron chi connectivity index (χ0n) is 17.5. The minimum atomic E-state index is 0.142. The lowest BCUT2D eigenvalue weighted by atomic mass is 9.70. The third kappa shape index (κ3) is 3.92. The van der Waals surface area contributed by atoms with Crippen molar-refractivity contribution in [2.75, 3.05) is 13.2 Å². The molecule has 1 aliphatic heterocycles. The zero-order valence-corrected chi connectivity index (χ0v) is 17.5. The Morgan fingerprint density at radius 1 is 0.900 bits per heavy atom. The Labute approximate surface area is 179 Å². The number of pyridine rings is 1. The fraction of sp³-hybridized carbons (Fsp3) is 0.370. The molecule has 1 aliphatic carbocycles. The van der Waals surface area contributed by atoms with Gasteiger partial charge in [-0.25, -0.2) is 0 Å². The normalized spacial score (nSPS) is 25.9. The van der Waals surface area contributed by atoms with Crippen molar-refractivity contribution in [3.63, 3.8) is 0 Å². The summed E-state index contributed by atoms with van der Waals surface area (Å²) in [5.74, 6) is 0.681. The topological polar surface area (TPSA) is 25.4 Å². The zero-order chi connectivity index (χ0) is 20.2. The van der Waals surface area contributed by atoms with E-state index < -0.39 is 0 Å². The quantitative estimate of drug-likeness (QED) is 0.569. The van der Waals surface area contributed by atoms with Crippen LogP contribution in [-0.2, 0) is 23.2 Å². The number of benzene rings is 2. The Hall–Kier alpha value is -2.49. The lowest BCUT2D eigenvalue weighted by Gasteiger charge is -2.40. The first kappa shape index (κ1) is 19.5. The minimum absolute atomic E-state index is 0.142. The first-order valence-corrected chi connectivity index (χ1v) is 11.1. The first-order valence-electron chi connectivity index (χ1n) is 11.1. The van der Waals surface area contributed by atoms with Crippen LogP contribution in [0.2, 0.25) is 0 Å². The van der Waals surface area contributed by atoms with Crippen LogP contribution in [0.5, 0.6) is 0 Å². The van der Waals surface area contributed by atoms with E-state index in [1.807, 2.05) is 12.3 Å². The predicted molar refractivity (Wildman–Crippen MR) is 120 cm³/mol. The summed E-state index contributed by atoms with van der Waals surface area (Å²) in [6.45, 7) is 3.59. The van der Waals surface area contributed by atoms with Crippen LogP contribution in [0.25, 0.3) is 0 Å². The summed E-state index contributed by atoms with van der Waals surface area (Å²) in [5.41, 5.74) is 4.11. The van der Waals surface area contributed by atoms with Gasteiger partial charge in [-0.3, -0.25) is 9.88 Å². The van der Waals surface area contributed by atoms with Crippen molar-refractivity contribution in [3.05, 3.63) is 102 Å². The van der Waals surface area contributed by atoms with Crippen molar-refractivity contribution in [2.24, 2.45) is 5.92 Å². The number of fused-ring (bicyclic) bond motifs is 1. The molecule has 1 aromatic heterocycles. The molecule has 2 aromatic carbocycles. The summed E-state index contributed by atoms with van der Waals surface area (Å²) in [4.78, 5) is 7.28. The lowest BCUT2D eigenvalue weighted by Crippen LogP contribution is -2.41. The fourth-order valence-corrected chi connectivity index (χ4v) is 5.59. The van der Waals surface area contributed by atoms with Gasteiger partial charge >= 0.3 is 0 Å². The van der Waals surface area contributed by atoms with E-state index in [0.29, 0.717) is 12.0 Å². The molecule has 0 amide bonds. The van der Waals surface area contributed by atoms with Gasteiger partial charge in [-0.05, 0) is 48.4 Å². The van der Waals surface area contributed by atoms with Gasteiger partial charge in [0.15, 0.2) is 0 Å². The van der Waals surface area contributed by atoms with Crippen LogP contribution in [0.3, 0.4) is 0 Å². The summed E-state index contributed by atoms with van der Waals surface area (Å²) in [6, 6.07) is 28.7. The van der Waals surface area contributed by atoms with E-state index in [1.54, 1.807) is 0 Å². The van der Waals surface area contributed by atoms with Gasteiger partial charge in [-0.15, -0.1) is 0 Å². The minimum Gasteiger partial charge on any atom is -0.381 e. The molecule has 1 saturated heterocycles. The van der Waals surface area contributed by atoms with Gasteiger partial charge in [0.1, 0.15) is 0 Å². The molecule has 2 fully saturated rings. The Balaban J connectivity index is 1.45. The van der Waals surface area contributed by atoms with E-state index in [1.165, 1.54) is 17.5 Å². The molecule has 3 atom stereocenters. The van der Waals surface area contributed by atoms with Crippen LogP contribution in [-0.4, -0.2) is 29.1 Å².